The normalized spacial score (nSPS) is 48.8. The lowest BCUT2D eigenvalue weighted by molar-refractivity contribution is -0.191. The maximum Gasteiger partial charge on any atom is 0.303 e. The van der Waals surface area contributed by atoms with Crippen molar-refractivity contribution >= 4 is 5.97 Å². The molecule has 0 aromatic carbocycles. The molecule has 0 heterocycles. The van der Waals surface area contributed by atoms with Crippen molar-refractivity contribution in [1.29, 1.82) is 5.26 Å². The van der Waals surface area contributed by atoms with Gasteiger partial charge in [-0.15, -0.1) is 0 Å². The van der Waals surface area contributed by atoms with Crippen LogP contribution in [-0.2, 0) is 9.53 Å². The summed E-state index contributed by atoms with van der Waals surface area (Å²) in [5, 5.41) is 9.39. The van der Waals surface area contributed by atoms with Crippen molar-refractivity contribution in [1.82, 2.24) is 0 Å². The van der Waals surface area contributed by atoms with Gasteiger partial charge in [0.05, 0.1) is 11.5 Å². The SMILES string of the molecule is CC(=O)OC12CC3CC(CC(C#N)(C3)C1)C2. The molecule has 0 aromatic heterocycles. The molecular weight excluding hydrogens is 202 g/mol. The van der Waals surface area contributed by atoms with Crippen LogP contribution in [0.3, 0.4) is 0 Å². The first-order valence-electron chi connectivity index (χ1n) is 6.16. The summed E-state index contributed by atoms with van der Waals surface area (Å²) in [5.74, 6) is 1.04. The van der Waals surface area contributed by atoms with E-state index in [1.165, 1.54) is 13.3 Å². The predicted molar refractivity (Wildman–Crippen MR) is 57.2 cm³/mol. The highest BCUT2D eigenvalue weighted by Gasteiger charge is 2.59. The summed E-state index contributed by atoms with van der Waals surface area (Å²) in [6.07, 6.45) is 6.07. The molecule has 4 bridgehead atoms. The van der Waals surface area contributed by atoms with Crippen molar-refractivity contribution in [3.05, 3.63) is 0 Å². The number of carbonyl (C=O) groups is 1. The Bertz CT molecular complexity index is 368. The monoisotopic (exact) mass is 219 g/mol. The molecule has 0 radical (unpaired) electrons. The van der Waals surface area contributed by atoms with E-state index in [0.717, 1.165) is 32.1 Å². The third-order valence-electron chi connectivity index (χ3n) is 4.60. The van der Waals surface area contributed by atoms with Gasteiger partial charge in [-0.2, -0.15) is 5.26 Å². The molecule has 4 aliphatic rings. The van der Waals surface area contributed by atoms with Gasteiger partial charge in [0.25, 0.3) is 0 Å². The van der Waals surface area contributed by atoms with E-state index >= 15 is 0 Å². The molecule has 4 rings (SSSR count). The minimum absolute atomic E-state index is 0.181. The first-order valence-corrected chi connectivity index (χ1v) is 6.16. The fourth-order valence-electron chi connectivity index (χ4n) is 4.73. The molecule has 86 valence electrons. The van der Waals surface area contributed by atoms with Crippen molar-refractivity contribution < 1.29 is 9.53 Å². The number of rotatable bonds is 1. The topological polar surface area (TPSA) is 50.1 Å². The summed E-state index contributed by atoms with van der Waals surface area (Å²) < 4.78 is 5.59. The van der Waals surface area contributed by atoms with E-state index < -0.39 is 0 Å². The van der Waals surface area contributed by atoms with Crippen LogP contribution in [0, 0.1) is 28.6 Å². The van der Waals surface area contributed by atoms with Gasteiger partial charge in [-0.25, -0.2) is 0 Å². The van der Waals surface area contributed by atoms with Crippen molar-refractivity contribution in [2.24, 2.45) is 17.3 Å². The van der Waals surface area contributed by atoms with Crippen LogP contribution >= 0.6 is 0 Å². The zero-order chi connectivity index (χ0) is 11.4. The standard InChI is InChI=1S/C13H17NO2/c1-9(15)16-13-5-10-2-11(6-13)4-12(3-10,7-13)8-14/h10-11H,2-7H2,1H3. The molecule has 0 spiro atoms. The Balaban J connectivity index is 1.93. The molecule has 4 saturated carbocycles. The summed E-state index contributed by atoms with van der Waals surface area (Å²) in [6, 6.07) is 2.52. The molecular formula is C13H17NO2. The number of nitrogens with zero attached hydrogens (tertiary/aromatic N) is 1. The lowest BCUT2D eigenvalue weighted by atomic mass is 9.48. The average Bonchev–Trinajstić information content (AvgIpc) is 2.13. The molecule has 4 aliphatic carbocycles. The maximum absolute atomic E-state index is 11.2. The van der Waals surface area contributed by atoms with Gasteiger partial charge in [-0.1, -0.05) is 0 Å². The van der Waals surface area contributed by atoms with E-state index in [2.05, 4.69) is 6.07 Å². The van der Waals surface area contributed by atoms with Gasteiger partial charge in [0.15, 0.2) is 0 Å². The Kier molecular flexibility index (Phi) is 1.90. The van der Waals surface area contributed by atoms with Crippen LogP contribution in [0.4, 0.5) is 0 Å². The van der Waals surface area contributed by atoms with E-state index in [1.807, 2.05) is 0 Å². The highest BCUT2D eigenvalue weighted by molar-refractivity contribution is 5.66. The average molecular weight is 219 g/mol. The van der Waals surface area contributed by atoms with Gasteiger partial charge < -0.3 is 4.74 Å². The third-order valence-corrected chi connectivity index (χ3v) is 4.60. The molecule has 16 heavy (non-hydrogen) atoms. The van der Waals surface area contributed by atoms with E-state index in [1.54, 1.807) is 0 Å². The highest BCUT2D eigenvalue weighted by atomic mass is 16.6. The molecule has 0 saturated heterocycles. The largest absolute Gasteiger partial charge is 0.459 e. The van der Waals surface area contributed by atoms with Crippen LogP contribution < -0.4 is 0 Å². The second-order valence-corrected chi connectivity index (χ2v) is 6.13. The van der Waals surface area contributed by atoms with Crippen molar-refractivity contribution in [2.75, 3.05) is 0 Å². The summed E-state index contributed by atoms with van der Waals surface area (Å²) in [7, 11) is 0. The van der Waals surface area contributed by atoms with Gasteiger partial charge in [-0.05, 0) is 43.9 Å². The van der Waals surface area contributed by atoms with Crippen molar-refractivity contribution in [3.8, 4) is 6.07 Å². The zero-order valence-electron chi connectivity index (χ0n) is 9.66. The molecule has 0 aliphatic heterocycles. The van der Waals surface area contributed by atoms with Gasteiger partial charge in [0, 0.05) is 13.3 Å². The van der Waals surface area contributed by atoms with Gasteiger partial charge in [-0.3, -0.25) is 4.79 Å². The van der Waals surface area contributed by atoms with Crippen LogP contribution in [-0.4, -0.2) is 11.6 Å². The van der Waals surface area contributed by atoms with Gasteiger partial charge in [0.1, 0.15) is 5.60 Å². The second-order valence-electron chi connectivity index (χ2n) is 6.13. The molecule has 3 nitrogen and oxygen atoms in total. The van der Waals surface area contributed by atoms with Crippen LogP contribution in [0.2, 0.25) is 0 Å². The molecule has 2 atom stereocenters. The number of hydrogen-bond donors (Lipinski definition) is 0. The van der Waals surface area contributed by atoms with Gasteiger partial charge >= 0.3 is 5.97 Å². The summed E-state index contributed by atoms with van der Waals surface area (Å²) in [5.41, 5.74) is -0.467. The van der Waals surface area contributed by atoms with E-state index in [4.69, 9.17) is 4.74 Å². The first-order chi connectivity index (χ1) is 7.55. The Morgan fingerprint density at radius 3 is 2.44 bits per heavy atom. The Hall–Kier alpha value is -1.04. The van der Waals surface area contributed by atoms with E-state index in [0.29, 0.717) is 11.8 Å². The maximum atomic E-state index is 11.2. The predicted octanol–water partition coefficient (Wildman–Crippen LogP) is 2.41. The van der Waals surface area contributed by atoms with Crippen LogP contribution in [0.5, 0.6) is 0 Å². The minimum Gasteiger partial charge on any atom is -0.459 e. The molecule has 2 unspecified atom stereocenters. The Labute approximate surface area is 95.8 Å². The second kappa shape index (κ2) is 3.00. The van der Waals surface area contributed by atoms with Gasteiger partial charge in [0.2, 0.25) is 0 Å². The summed E-state index contributed by atoms with van der Waals surface area (Å²) in [4.78, 5) is 11.2. The molecule has 0 amide bonds. The van der Waals surface area contributed by atoms with Crippen molar-refractivity contribution in [2.45, 2.75) is 51.0 Å². The van der Waals surface area contributed by atoms with E-state index in [-0.39, 0.29) is 17.0 Å². The van der Waals surface area contributed by atoms with Crippen LogP contribution in [0.25, 0.3) is 0 Å². The molecule has 3 heteroatoms. The van der Waals surface area contributed by atoms with E-state index in [9.17, 15) is 10.1 Å². The molecule has 0 aromatic rings. The Morgan fingerprint density at radius 1 is 1.31 bits per heavy atom. The number of esters is 1. The third kappa shape index (κ3) is 1.36. The number of hydrogen-bond acceptors (Lipinski definition) is 3. The smallest absolute Gasteiger partial charge is 0.303 e. The summed E-state index contributed by atoms with van der Waals surface area (Å²) >= 11 is 0. The lowest BCUT2D eigenvalue weighted by Crippen LogP contribution is -2.56. The lowest BCUT2D eigenvalue weighted by Gasteiger charge is -2.58. The quantitative estimate of drug-likeness (QED) is 0.636. The minimum atomic E-state index is -0.286. The highest BCUT2D eigenvalue weighted by Crippen LogP contribution is 2.62. The Morgan fingerprint density at radius 2 is 1.94 bits per heavy atom. The number of ether oxygens (including phenoxy) is 1. The first kappa shape index (κ1) is 10.1. The molecule has 0 N–H and O–H groups in total. The summed E-state index contributed by atoms with van der Waals surface area (Å²) in [6.45, 7) is 1.48. The molecule has 4 fully saturated rings. The fraction of sp³-hybridized carbons (Fsp3) is 0.846. The fourth-order valence-corrected chi connectivity index (χ4v) is 4.73. The number of carbonyl (C=O) groups excluding carboxylic acids is 1. The van der Waals surface area contributed by atoms with Crippen LogP contribution in [0.15, 0.2) is 0 Å². The van der Waals surface area contributed by atoms with Crippen molar-refractivity contribution in [3.63, 3.8) is 0 Å². The van der Waals surface area contributed by atoms with Crippen LogP contribution in [0.1, 0.15) is 45.4 Å². The number of nitriles is 1. The zero-order valence-corrected chi connectivity index (χ0v) is 9.66.